The molecule has 0 spiro atoms. The first kappa shape index (κ1) is 17.7. The summed E-state index contributed by atoms with van der Waals surface area (Å²) in [6.07, 6.45) is 0. The zero-order valence-corrected chi connectivity index (χ0v) is 13.9. The Morgan fingerprint density at radius 2 is 2.00 bits per heavy atom. The van der Waals surface area contributed by atoms with Gasteiger partial charge in [0.25, 0.3) is 5.56 Å². The van der Waals surface area contributed by atoms with Crippen molar-refractivity contribution in [3.63, 3.8) is 0 Å². The van der Waals surface area contributed by atoms with Crippen LogP contribution in [-0.4, -0.2) is 34.8 Å². The van der Waals surface area contributed by atoms with E-state index in [1.807, 2.05) is 0 Å². The quantitative estimate of drug-likeness (QED) is 0.820. The third-order valence-electron chi connectivity index (χ3n) is 3.24. The normalized spacial score (nSPS) is 11.6. The zero-order chi connectivity index (χ0) is 17.7. The second-order valence-electron chi connectivity index (χ2n) is 5.01. The lowest BCUT2D eigenvalue weighted by atomic mass is 10.1. The first-order valence-electron chi connectivity index (χ1n) is 7.12. The van der Waals surface area contributed by atoms with Gasteiger partial charge in [-0.05, 0) is 19.1 Å². The molecule has 24 heavy (non-hydrogen) atoms. The van der Waals surface area contributed by atoms with Crippen molar-refractivity contribution in [1.82, 2.24) is 15.1 Å². The van der Waals surface area contributed by atoms with Crippen LogP contribution in [0.25, 0.3) is 11.3 Å². The Morgan fingerprint density at radius 1 is 1.29 bits per heavy atom. The molecule has 2 aromatic rings. The highest BCUT2D eigenvalue weighted by molar-refractivity contribution is 6.33. The van der Waals surface area contributed by atoms with E-state index in [1.165, 1.54) is 26.2 Å². The number of amides is 1. The van der Waals surface area contributed by atoms with E-state index in [2.05, 4.69) is 15.2 Å². The molecule has 1 atom stereocenters. The molecule has 0 saturated carbocycles. The maximum absolute atomic E-state index is 12.0. The number of carbonyl (C=O) groups excluding carboxylic acids is 2. The number of carbonyl (C=O) groups is 2. The molecule has 0 bridgehead atoms. The van der Waals surface area contributed by atoms with Crippen molar-refractivity contribution in [2.45, 2.75) is 19.5 Å². The van der Waals surface area contributed by atoms with Gasteiger partial charge in [0, 0.05) is 11.6 Å². The predicted octanol–water partition coefficient (Wildman–Crippen LogP) is 1.24. The highest BCUT2D eigenvalue weighted by Crippen LogP contribution is 2.24. The lowest BCUT2D eigenvalue weighted by Crippen LogP contribution is -2.42. The van der Waals surface area contributed by atoms with Gasteiger partial charge in [0.2, 0.25) is 5.91 Å². The Morgan fingerprint density at radius 3 is 2.67 bits per heavy atom. The van der Waals surface area contributed by atoms with Crippen LogP contribution in [0.3, 0.4) is 0 Å². The summed E-state index contributed by atoms with van der Waals surface area (Å²) in [7, 11) is 1.23. The van der Waals surface area contributed by atoms with Crippen molar-refractivity contribution in [3.05, 3.63) is 51.8 Å². The van der Waals surface area contributed by atoms with E-state index < -0.39 is 23.5 Å². The SMILES string of the molecule is COC(=O)C(C)NC(=O)Cn1nc(-c2ccccc2Cl)ccc1=O. The molecule has 0 aliphatic heterocycles. The summed E-state index contributed by atoms with van der Waals surface area (Å²) >= 11 is 6.12. The number of halogens is 1. The summed E-state index contributed by atoms with van der Waals surface area (Å²) in [6.45, 7) is 1.17. The fourth-order valence-corrected chi connectivity index (χ4v) is 2.27. The van der Waals surface area contributed by atoms with Gasteiger partial charge in [0.1, 0.15) is 12.6 Å². The third-order valence-corrected chi connectivity index (χ3v) is 3.57. The number of hydrogen-bond donors (Lipinski definition) is 1. The smallest absolute Gasteiger partial charge is 0.328 e. The second kappa shape index (κ2) is 7.74. The fourth-order valence-electron chi connectivity index (χ4n) is 2.03. The molecule has 1 aromatic carbocycles. The van der Waals surface area contributed by atoms with Gasteiger partial charge in [0.15, 0.2) is 0 Å². The van der Waals surface area contributed by atoms with E-state index in [0.717, 1.165) is 4.68 Å². The molecule has 1 aromatic heterocycles. The van der Waals surface area contributed by atoms with E-state index in [9.17, 15) is 14.4 Å². The molecular formula is C16H16ClN3O4. The highest BCUT2D eigenvalue weighted by Gasteiger charge is 2.17. The summed E-state index contributed by atoms with van der Waals surface area (Å²) in [5, 5.41) is 7.08. The Labute approximate surface area is 143 Å². The lowest BCUT2D eigenvalue weighted by Gasteiger charge is -2.12. The van der Waals surface area contributed by atoms with E-state index in [0.29, 0.717) is 16.3 Å². The van der Waals surface area contributed by atoms with Crippen LogP contribution in [0.1, 0.15) is 6.92 Å². The molecule has 8 heteroatoms. The van der Waals surface area contributed by atoms with Crippen LogP contribution in [-0.2, 0) is 20.9 Å². The van der Waals surface area contributed by atoms with Gasteiger partial charge in [-0.15, -0.1) is 0 Å². The van der Waals surface area contributed by atoms with Gasteiger partial charge in [-0.25, -0.2) is 9.48 Å². The lowest BCUT2D eigenvalue weighted by molar-refractivity contribution is -0.144. The van der Waals surface area contributed by atoms with Crippen molar-refractivity contribution >= 4 is 23.5 Å². The zero-order valence-electron chi connectivity index (χ0n) is 13.2. The minimum Gasteiger partial charge on any atom is -0.467 e. The largest absolute Gasteiger partial charge is 0.467 e. The molecule has 126 valence electrons. The molecule has 0 aliphatic rings. The number of esters is 1. The topological polar surface area (TPSA) is 90.3 Å². The van der Waals surface area contributed by atoms with Crippen molar-refractivity contribution in [2.75, 3.05) is 7.11 Å². The van der Waals surface area contributed by atoms with Crippen molar-refractivity contribution < 1.29 is 14.3 Å². The van der Waals surface area contributed by atoms with Gasteiger partial charge in [-0.2, -0.15) is 5.10 Å². The van der Waals surface area contributed by atoms with Crippen LogP contribution >= 0.6 is 11.6 Å². The summed E-state index contributed by atoms with van der Waals surface area (Å²) in [5.74, 6) is -1.10. The number of methoxy groups -OCH3 is 1. The molecule has 1 heterocycles. The molecule has 0 aliphatic carbocycles. The third kappa shape index (κ3) is 4.20. The number of aromatic nitrogens is 2. The molecule has 0 saturated heterocycles. The van der Waals surface area contributed by atoms with Crippen LogP contribution in [0.5, 0.6) is 0 Å². The molecule has 7 nitrogen and oxygen atoms in total. The van der Waals surface area contributed by atoms with E-state index >= 15 is 0 Å². The van der Waals surface area contributed by atoms with Crippen molar-refractivity contribution in [2.24, 2.45) is 0 Å². The first-order valence-corrected chi connectivity index (χ1v) is 7.50. The fraction of sp³-hybridized carbons (Fsp3) is 0.250. The molecule has 0 fully saturated rings. The number of nitrogens with zero attached hydrogens (tertiary/aromatic N) is 2. The first-order chi connectivity index (χ1) is 11.4. The number of benzene rings is 1. The molecule has 0 radical (unpaired) electrons. The summed E-state index contributed by atoms with van der Waals surface area (Å²) < 4.78 is 5.54. The molecule has 1 unspecified atom stereocenters. The predicted molar refractivity (Wildman–Crippen MR) is 88.6 cm³/mol. The summed E-state index contributed by atoms with van der Waals surface area (Å²) in [4.78, 5) is 35.2. The maximum Gasteiger partial charge on any atom is 0.328 e. The Bertz CT molecular complexity index is 819. The summed E-state index contributed by atoms with van der Waals surface area (Å²) in [5.41, 5.74) is 0.678. The monoisotopic (exact) mass is 349 g/mol. The Balaban J connectivity index is 2.21. The number of rotatable bonds is 5. The van der Waals surface area contributed by atoms with E-state index in [-0.39, 0.29) is 6.54 Å². The average molecular weight is 350 g/mol. The van der Waals surface area contributed by atoms with Crippen LogP contribution in [0.4, 0.5) is 0 Å². The molecular weight excluding hydrogens is 334 g/mol. The molecule has 1 amide bonds. The molecule has 1 N–H and O–H groups in total. The van der Waals surface area contributed by atoms with Gasteiger partial charge in [-0.1, -0.05) is 29.8 Å². The van der Waals surface area contributed by atoms with Gasteiger partial charge in [-0.3, -0.25) is 9.59 Å². The maximum atomic E-state index is 12.0. The standard InChI is InChI=1S/C16H16ClN3O4/c1-10(16(23)24-2)18-14(21)9-20-15(22)8-7-13(19-20)11-5-3-4-6-12(11)17/h3-8,10H,9H2,1-2H3,(H,18,21). The molecule has 2 rings (SSSR count). The number of ether oxygens (including phenoxy) is 1. The Kier molecular flexibility index (Phi) is 5.70. The van der Waals surface area contributed by atoms with Crippen LogP contribution in [0, 0.1) is 0 Å². The average Bonchev–Trinajstić information content (AvgIpc) is 2.56. The number of nitrogens with one attached hydrogen (secondary N) is 1. The second-order valence-corrected chi connectivity index (χ2v) is 5.41. The van der Waals surface area contributed by atoms with E-state index in [4.69, 9.17) is 11.6 Å². The highest BCUT2D eigenvalue weighted by atomic mass is 35.5. The Hall–Kier alpha value is -2.67. The van der Waals surface area contributed by atoms with E-state index in [1.54, 1.807) is 24.3 Å². The number of hydrogen-bond acceptors (Lipinski definition) is 5. The van der Waals surface area contributed by atoms with Crippen LogP contribution in [0.2, 0.25) is 5.02 Å². The van der Waals surface area contributed by atoms with Crippen LogP contribution in [0.15, 0.2) is 41.2 Å². The summed E-state index contributed by atoms with van der Waals surface area (Å²) in [6, 6.07) is 9.08. The van der Waals surface area contributed by atoms with Gasteiger partial charge < -0.3 is 10.1 Å². The van der Waals surface area contributed by atoms with Gasteiger partial charge >= 0.3 is 5.97 Å². The minimum atomic E-state index is -0.815. The minimum absolute atomic E-state index is 0.321. The van der Waals surface area contributed by atoms with Crippen LogP contribution < -0.4 is 10.9 Å². The van der Waals surface area contributed by atoms with Crippen molar-refractivity contribution in [1.29, 1.82) is 0 Å². The van der Waals surface area contributed by atoms with Gasteiger partial charge in [0.05, 0.1) is 17.8 Å². The van der Waals surface area contributed by atoms with Crippen molar-refractivity contribution in [3.8, 4) is 11.3 Å².